The number of carbonyl (C=O) groups excluding carboxylic acids is 1. The average molecular weight is 329 g/mol. The van der Waals surface area contributed by atoms with Crippen molar-refractivity contribution in [1.29, 1.82) is 0 Å². The SMILES string of the molecule is CC(CNC(=O)C(c1ccccc1)c1ccccc1)c1ccccc1. The fourth-order valence-corrected chi connectivity index (χ4v) is 3.04. The van der Waals surface area contributed by atoms with Crippen LogP contribution in [0.5, 0.6) is 0 Å². The Morgan fingerprint density at radius 3 is 1.56 bits per heavy atom. The predicted molar refractivity (Wildman–Crippen MR) is 103 cm³/mol. The highest BCUT2D eigenvalue weighted by Crippen LogP contribution is 2.25. The molecule has 126 valence electrons. The number of nitrogens with one attached hydrogen (secondary N) is 1. The lowest BCUT2D eigenvalue weighted by Gasteiger charge is -2.20. The van der Waals surface area contributed by atoms with Crippen molar-refractivity contribution in [2.45, 2.75) is 18.8 Å². The zero-order chi connectivity index (χ0) is 17.5. The van der Waals surface area contributed by atoms with Crippen LogP contribution in [0, 0.1) is 0 Å². The summed E-state index contributed by atoms with van der Waals surface area (Å²) in [6.07, 6.45) is 0. The Bertz CT molecular complexity index is 745. The van der Waals surface area contributed by atoms with E-state index in [4.69, 9.17) is 0 Å². The third-order valence-corrected chi connectivity index (χ3v) is 4.48. The summed E-state index contributed by atoms with van der Waals surface area (Å²) in [6.45, 7) is 2.76. The van der Waals surface area contributed by atoms with Crippen LogP contribution in [0.3, 0.4) is 0 Å². The van der Waals surface area contributed by atoms with E-state index < -0.39 is 0 Å². The van der Waals surface area contributed by atoms with Gasteiger partial charge in [-0.15, -0.1) is 0 Å². The molecule has 2 heteroatoms. The van der Waals surface area contributed by atoms with Crippen LogP contribution >= 0.6 is 0 Å². The molecule has 1 amide bonds. The Kier molecular flexibility index (Phi) is 5.63. The van der Waals surface area contributed by atoms with Gasteiger partial charge in [-0.1, -0.05) is 97.9 Å². The van der Waals surface area contributed by atoms with Crippen molar-refractivity contribution >= 4 is 5.91 Å². The average Bonchev–Trinajstić information content (AvgIpc) is 2.69. The highest BCUT2D eigenvalue weighted by Gasteiger charge is 2.22. The smallest absolute Gasteiger partial charge is 0.232 e. The van der Waals surface area contributed by atoms with Crippen LogP contribution in [0.25, 0.3) is 0 Å². The standard InChI is InChI=1S/C23H23NO/c1-18(19-11-5-2-6-12-19)17-24-23(25)22(20-13-7-3-8-14-20)21-15-9-4-10-16-21/h2-16,18,22H,17H2,1H3,(H,24,25). The lowest BCUT2D eigenvalue weighted by atomic mass is 9.90. The summed E-state index contributed by atoms with van der Waals surface area (Å²) in [7, 11) is 0. The van der Waals surface area contributed by atoms with Gasteiger partial charge in [0.05, 0.1) is 5.92 Å². The Labute approximate surface area is 149 Å². The summed E-state index contributed by atoms with van der Waals surface area (Å²) in [6, 6.07) is 30.2. The normalized spacial score (nSPS) is 11.9. The minimum absolute atomic E-state index is 0.0418. The lowest BCUT2D eigenvalue weighted by Crippen LogP contribution is -2.32. The fraction of sp³-hybridized carbons (Fsp3) is 0.174. The van der Waals surface area contributed by atoms with E-state index >= 15 is 0 Å². The summed E-state index contributed by atoms with van der Waals surface area (Å²) in [5.74, 6) is 0.0305. The maximum absolute atomic E-state index is 13.0. The topological polar surface area (TPSA) is 29.1 Å². The van der Waals surface area contributed by atoms with E-state index in [0.717, 1.165) is 11.1 Å². The summed E-state index contributed by atoms with van der Waals surface area (Å²) in [5, 5.41) is 3.14. The third kappa shape index (κ3) is 4.36. The number of amides is 1. The quantitative estimate of drug-likeness (QED) is 0.695. The molecule has 1 atom stereocenters. The van der Waals surface area contributed by atoms with E-state index in [0.29, 0.717) is 6.54 Å². The minimum atomic E-state index is -0.287. The Morgan fingerprint density at radius 2 is 1.12 bits per heavy atom. The molecule has 25 heavy (non-hydrogen) atoms. The first-order valence-electron chi connectivity index (χ1n) is 8.68. The van der Waals surface area contributed by atoms with Crippen LogP contribution in [-0.2, 0) is 4.79 Å². The van der Waals surface area contributed by atoms with E-state index in [9.17, 15) is 4.79 Å². The lowest BCUT2D eigenvalue weighted by molar-refractivity contribution is -0.121. The van der Waals surface area contributed by atoms with Crippen LogP contribution in [0.15, 0.2) is 91.0 Å². The van der Waals surface area contributed by atoms with E-state index in [1.54, 1.807) is 0 Å². The molecule has 0 fully saturated rings. The van der Waals surface area contributed by atoms with Crippen molar-refractivity contribution < 1.29 is 4.79 Å². The largest absolute Gasteiger partial charge is 0.355 e. The molecule has 0 spiro atoms. The maximum atomic E-state index is 13.0. The molecule has 0 saturated heterocycles. The van der Waals surface area contributed by atoms with Gasteiger partial charge in [0.2, 0.25) is 5.91 Å². The predicted octanol–water partition coefficient (Wildman–Crippen LogP) is 4.74. The molecule has 0 aliphatic rings. The molecule has 0 aliphatic carbocycles. The zero-order valence-corrected chi connectivity index (χ0v) is 14.4. The molecule has 0 saturated carbocycles. The van der Waals surface area contributed by atoms with Gasteiger partial charge < -0.3 is 5.32 Å². The van der Waals surface area contributed by atoms with Gasteiger partial charge in [0, 0.05) is 6.54 Å². The summed E-state index contributed by atoms with van der Waals surface area (Å²) in [5.41, 5.74) is 3.26. The minimum Gasteiger partial charge on any atom is -0.355 e. The first-order valence-corrected chi connectivity index (χ1v) is 8.68. The van der Waals surface area contributed by atoms with Crippen LogP contribution in [0.1, 0.15) is 35.4 Å². The summed E-state index contributed by atoms with van der Waals surface area (Å²) in [4.78, 5) is 13.0. The molecule has 0 bridgehead atoms. The van der Waals surface area contributed by atoms with Gasteiger partial charge in [-0.05, 0) is 22.6 Å². The molecule has 3 aromatic carbocycles. The molecule has 0 radical (unpaired) electrons. The van der Waals surface area contributed by atoms with Gasteiger partial charge in [-0.25, -0.2) is 0 Å². The Morgan fingerprint density at radius 1 is 0.720 bits per heavy atom. The summed E-state index contributed by atoms with van der Waals surface area (Å²) >= 11 is 0. The van der Waals surface area contributed by atoms with Crippen molar-refractivity contribution in [3.05, 3.63) is 108 Å². The molecule has 3 aromatic rings. The van der Waals surface area contributed by atoms with Crippen molar-refractivity contribution in [3.63, 3.8) is 0 Å². The van der Waals surface area contributed by atoms with Crippen LogP contribution in [-0.4, -0.2) is 12.5 Å². The third-order valence-electron chi connectivity index (χ3n) is 4.48. The van der Waals surface area contributed by atoms with Gasteiger partial charge in [-0.2, -0.15) is 0 Å². The van der Waals surface area contributed by atoms with Gasteiger partial charge in [0.1, 0.15) is 0 Å². The van der Waals surface area contributed by atoms with Gasteiger partial charge >= 0.3 is 0 Å². The van der Waals surface area contributed by atoms with E-state index in [2.05, 4.69) is 24.4 Å². The van der Waals surface area contributed by atoms with E-state index in [-0.39, 0.29) is 17.7 Å². The van der Waals surface area contributed by atoms with E-state index in [1.807, 2.05) is 78.9 Å². The molecule has 2 nitrogen and oxygen atoms in total. The highest BCUT2D eigenvalue weighted by atomic mass is 16.1. The van der Waals surface area contributed by atoms with Gasteiger partial charge in [0.15, 0.2) is 0 Å². The molecule has 0 aliphatic heterocycles. The Balaban J connectivity index is 1.76. The van der Waals surface area contributed by atoms with Crippen molar-refractivity contribution in [1.82, 2.24) is 5.32 Å². The zero-order valence-electron chi connectivity index (χ0n) is 14.4. The van der Waals surface area contributed by atoms with Gasteiger partial charge in [0.25, 0.3) is 0 Å². The van der Waals surface area contributed by atoms with Crippen molar-refractivity contribution in [3.8, 4) is 0 Å². The fourth-order valence-electron chi connectivity index (χ4n) is 3.04. The molecule has 0 aromatic heterocycles. The highest BCUT2D eigenvalue weighted by molar-refractivity contribution is 5.87. The first kappa shape index (κ1) is 17.0. The molecular weight excluding hydrogens is 306 g/mol. The molecular formula is C23H23NO. The monoisotopic (exact) mass is 329 g/mol. The van der Waals surface area contributed by atoms with Crippen molar-refractivity contribution in [2.75, 3.05) is 6.54 Å². The number of rotatable bonds is 6. The first-order chi connectivity index (χ1) is 12.3. The van der Waals surface area contributed by atoms with Crippen molar-refractivity contribution in [2.24, 2.45) is 0 Å². The number of hydrogen-bond donors (Lipinski definition) is 1. The van der Waals surface area contributed by atoms with Crippen LogP contribution in [0.4, 0.5) is 0 Å². The number of benzene rings is 3. The second-order valence-corrected chi connectivity index (χ2v) is 6.31. The van der Waals surface area contributed by atoms with Crippen LogP contribution < -0.4 is 5.32 Å². The Hall–Kier alpha value is -2.87. The maximum Gasteiger partial charge on any atom is 0.232 e. The van der Waals surface area contributed by atoms with Gasteiger partial charge in [-0.3, -0.25) is 4.79 Å². The summed E-state index contributed by atoms with van der Waals surface area (Å²) < 4.78 is 0. The second-order valence-electron chi connectivity index (χ2n) is 6.31. The number of carbonyl (C=O) groups is 1. The molecule has 1 N–H and O–H groups in total. The number of hydrogen-bond acceptors (Lipinski definition) is 1. The van der Waals surface area contributed by atoms with Crippen LogP contribution in [0.2, 0.25) is 0 Å². The molecule has 1 unspecified atom stereocenters. The molecule has 0 heterocycles. The van der Waals surface area contributed by atoms with E-state index in [1.165, 1.54) is 5.56 Å². The molecule has 3 rings (SSSR count). The second kappa shape index (κ2) is 8.29.